The number of hydrogen-bond donors (Lipinski definition) is 0. The van der Waals surface area contributed by atoms with Crippen molar-refractivity contribution in [2.75, 3.05) is 0 Å². The maximum atomic E-state index is 11.4. The van der Waals surface area contributed by atoms with Crippen LogP contribution in [0.1, 0.15) is 11.1 Å². The van der Waals surface area contributed by atoms with Crippen molar-refractivity contribution in [2.24, 2.45) is 0 Å². The fraction of sp³-hybridized carbons (Fsp3) is 0.182. The Bertz CT molecular complexity index is 779. The first-order valence-corrected chi connectivity index (χ1v) is 8.34. The second-order valence-electron chi connectivity index (χ2n) is 3.78. The van der Waals surface area contributed by atoms with Gasteiger partial charge < -0.3 is 4.42 Å². The zero-order chi connectivity index (χ0) is 13.5. The van der Waals surface area contributed by atoms with E-state index in [0.29, 0.717) is 27.4 Å². The van der Waals surface area contributed by atoms with Crippen LogP contribution in [-0.2, 0) is 14.4 Å². The summed E-state index contributed by atoms with van der Waals surface area (Å²) in [7, 11) is 1.54. The van der Waals surface area contributed by atoms with Crippen molar-refractivity contribution in [3.63, 3.8) is 0 Å². The molecule has 1 heterocycles. The third kappa shape index (κ3) is 2.46. The molecule has 18 heavy (non-hydrogen) atoms. The van der Waals surface area contributed by atoms with Crippen molar-refractivity contribution in [3.05, 3.63) is 39.7 Å². The van der Waals surface area contributed by atoms with E-state index in [1.807, 2.05) is 0 Å². The van der Waals surface area contributed by atoms with Gasteiger partial charge in [-0.2, -0.15) is 0 Å². The monoisotopic (exact) mass is 350 g/mol. The predicted molar refractivity (Wildman–Crippen MR) is 72.9 cm³/mol. The van der Waals surface area contributed by atoms with Crippen molar-refractivity contribution in [3.8, 4) is 0 Å². The maximum absolute atomic E-state index is 11.4. The number of benzene rings is 1. The topological polar surface area (TPSA) is 64.3 Å². The molecule has 0 saturated heterocycles. The van der Waals surface area contributed by atoms with E-state index >= 15 is 0 Å². The second kappa shape index (κ2) is 4.68. The molecule has 0 atom stereocenters. The van der Waals surface area contributed by atoms with Crippen LogP contribution in [0, 0.1) is 6.92 Å². The van der Waals surface area contributed by atoms with Crippen LogP contribution in [0.3, 0.4) is 0 Å². The fourth-order valence-corrected chi connectivity index (χ4v) is 3.39. The Morgan fingerprint density at radius 2 is 2.00 bits per heavy atom. The predicted octanol–water partition coefficient (Wildman–Crippen LogP) is 2.92. The molecule has 0 bridgehead atoms. The Morgan fingerprint density at radius 3 is 2.56 bits per heavy atom. The van der Waals surface area contributed by atoms with Gasteiger partial charge in [-0.3, -0.25) is 0 Å². The third-order valence-corrected chi connectivity index (χ3v) is 4.60. The van der Waals surface area contributed by atoms with Gasteiger partial charge in [-0.05, 0) is 30.2 Å². The van der Waals surface area contributed by atoms with Crippen molar-refractivity contribution < 1.29 is 12.8 Å². The van der Waals surface area contributed by atoms with Crippen LogP contribution in [0.4, 0.5) is 0 Å². The second-order valence-corrected chi connectivity index (χ2v) is 6.87. The largest absolute Gasteiger partial charge is 0.423 e. The third-order valence-electron chi connectivity index (χ3n) is 2.53. The van der Waals surface area contributed by atoms with Gasteiger partial charge in [0.05, 0.1) is 4.90 Å². The smallest absolute Gasteiger partial charge is 0.336 e. The highest BCUT2D eigenvalue weighted by Crippen LogP contribution is 2.27. The molecule has 2 aromatic rings. The van der Waals surface area contributed by atoms with Crippen LogP contribution in [0.25, 0.3) is 11.0 Å². The van der Waals surface area contributed by atoms with E-state index in [1.165, 1.54) is 18.2 Å². The fourth-order valence-electron chi connectivity index (χ4n) is 1.73. The van der Waals surface area contributed by atoms with E-state index < -0.39 is 14.7 Å². The minimum atomic E-state index is -3.82. The summed E-state index contributed by atoms with van der Waals surface area (Å²) in [4.78, 5) is 11.3. The summed E-state index contributed by atoms with van der Waals surface area (Å²) in [5.41, 5.74) is 0.964. The molecule has 0 N–H and O–H groups in total. The molecule has 0 unspecified atom stereocenters. The van der Waals surface area contributed by atoms with Crippen molar-refractivity contribution in [2.45, 2.75) is 17.1 Å². The molecule has 0 spiro atoms. The summed E-state index contributed by atoms with van der Waals surface area (Å²) in [6.07, 6.45) is 0. The van der Waals surface area contributed by atoms with Crippen LogP contribution < -0.4 is 5.63 Å². The molecule has 2 rings (SSSR count). The number of hydrogen-bond acceptors (Lipinski definition) is 4. The highest BCUT2D eigenvalue weighted by molar-refractivity contribution is 9.08. The summed E-state index contributed by atoms with van der Waals surface area (Å²) in [5.74, 6) is 0. The summed E-state index contributed by atoms with van der Waals surface area (Å²) < 4.78 is 27.9. The number of fused-ring (bicyclic) bond motifs is 1. The molecule has 0 aliphatic carbocycles. The van der Waals surface area contributed by atoms with E-state index in [-0.39, 0.29) is 4.90 Å². The van der Waals surface area contributed by atoms with Gasteiger partial charge in [0.25, 0.3) is 9.05 Å². The van der Waals surface area contributed by atoms with E-state index in [0.717, 1.165) is 0 Å². The van der Waals surface area contributed by atoms with Gasteiger partial charge in [0.2, 0.25) is 0 Å². The number of aryl methyl sites for hydroxylation is 1. The van der Waals surface area contributed by atoms with E-state index in [2.05, 4.69) is 15.9 Å². The summed E-state index contributed by atoms with van der Waals surface area (Å²) in [6, 6.07) is 4.24. The average molecular weight is 352 g/mol. The summed E-state index contributed by atoms with van der Waals surface area (Å²) in [5, 5.41) is 0.969. The molecule has 1 aromatic heterocycles. The Hall–Kier alpha value is -0.850. The molecule has 0 fully saturated rings. The van der Waals surface area contributed by atoms with Gasteiger partial charge in [0.1, 0.15) is 5.58 Å². The Morgan fingerprint density at radius 1 is 1.33 bits per heavy atom. The van der Waals surface area contributed by atoms with Crippen LogP contribution in [-0.4, -0.2) is 8.42 Å². The molecular weight excluding hydrogens is 344 g/mol. The molecule has 4 nitrogen and oxygen atoms in total. The molecule has 0 aliphatic heterocycles. The molecule has 0 amide bonds. The van der Waals surface area contributed by atoms with E-state index in [9.17, 15) is 13.2 Å². The van der Waals surface area contributed by atoms with Crippen molar-refractivity contribution in [1.82, 2.24) is 0 Å². The molecule has 1 aromatic carbocycles. The molecule has 96 valence electrons. The number of alkyl halides is 1. The summed E-state index contributed by atoms with van der Waals surface area (Å²) >= 11 is 3.24. The lowest BCUT2D eigenvalue weighted by Crippen LogP contribution is -2.01. The summed E-state index contributed by atoms with van der Waals surface area (Å²) in [6.45, 7) is 1.59. The van der Waals surface area contributed by atoms with Gasteiger partial charge in [-0.1, -0.05) is 15.9 Å². The highest BCUT2D eigenvalue weighted by Gasteiger charge is 2.16. The Labute approximate surface area is 116 Å². The van der Waals surface area contributed by atoms with Gasteiger partial charge in [0, 0.05) is 27.5 Å². The van der Waals surface area contributed by atoms with E-state index in [4.69, 9.17) is 15.1 Å². The standard InChI is InChI=1S/C11H8BrClO4S/c1-6-2-9-8(4-10(6)18(13,15)16)7(5-12)3-11(14)17-9/h2-4H,5H2,1H3. The van der Waals surface area contributed by atoms with Crippen LogP contribution in [0.5, 0.6) is 0 Å². The minimum absolute atomic E-state index is 0.0210. The lowest BCUT2D eigenvalue weighted by atomic mass is 10.1. The van der Waals surface area contributed by atoms with Gasteiger partial charge in [-0.25, -0.2) is 13.2 Å². The Balaban J connectivity index is 2.94. The zero-order valence-corrected chi connectivity index (χ0v) is 12.4. The first-order valence-electron chi connectivity index (χ1n) is 4.91. The molecule has 0 aliphatic rings. The maximum Gasteiger partial charge on any atom is 0.336 e. The lowest BCUT2D eigenvalue weighted by Gasteiger charge is -2.06. The SMILES string of the molecule is Cc1cc2oc(=O)cc(CBr)c2cc1S(=O)(=O)Cl. The molecule has 0 radical (unpaired) electrons. The lowest BCUT2D eigenvalue weighted by molar-refractivity contribution is 0.559. The average Bonchev–Trinajstić information content (AvgIpc) is 2.25. The molecule has 0 saturated carbocycles. The highest BCUT2D eigenvalue weighted by atomic mass is 79.9. The molecule has 7 heteroatoms. The quantitative estimate of drug-likeness (QED) is 0.474. The normalized spacial score (nSPS) is 11.9. The van der Waals surface area contributed by atoms with Gasteiger partial charge >= 0.3 is 5.63 Å². The van der Waals surface area contributed by atoms with Crippen LogP contribution in [0.2, 0.25) is 0 Å². The number of rotatable bonds is 2. The molecular formula is C11H8BrClO4S. The first kappa shape index (κ1) is 13.6. The van der Waals surface area contributed by atoms with Crippen molar-refractivity contribution in [1.29, 1.82) is 0 Å². The number of halogens is 2. The van der Waals surface area contributed by atoms with Crippen LogP contribution in [0.15, 0.2) is 32.3 Å². The van der Waals surface area contributed by atoms with Gasteiger partial charge in [0.15, 0.2) is 0 Å². The van der Waals surface area contributed by atoms with Gasteiger partial charge in [-0.15, -0.1) is 0 Å². The Kier molecular flexibility index (Phi) is 3.53. The van der Waals surface area contributed by atoms with Crippen molar-refractivity contribution >= 4 is 46.6 Å². The zero-order valence-electron chi connectivity index (χ0n) is 9.24. The first-order chi connectivity index (χ1) is 8.32. The van der Waals surface area contributed by atoms with E-state index in [1.54, 1.807) is 6.92 Å². The minimum Gasteiger partial charge on any atom is -0.423 e. The van der Waals surface area contributed by atoms with Crippen LogP contribution >= 0.6 is 26.6 Å².